The third-order valence-corrected chi connectivity index (χ3v) is 6.44. The van der Waals surface area contributed by atoms with Crippen LogP contribution in [0.15, 0.2) is 47.6 Å². The van der Waals surface area contributed by atoms with Crippen molar-refractivity contribution in [3.05, 3.63) is 48.3 Å². The molecule has 0 spiro atoms. The Morgan fingerprint density at radius 2 is 2.04 bits per heavy atom. The van der Waals surface area contributed by atoms with E-state index in [1.807, 2.05) is 23.9 Å². The molecule has 1 aliphatic heterocycles. The fourth-order valence-corrected chi connectivity index (χ4v) is 4.70. The van der Waals surface area contributed by atoms with Gasteiger partial charge >= 0.3 is 0 Å². The molecule has 3 rings (SSSR count). The molecule has 0 N–H and O–H groups in total. The highest BCUT2D eigenvalue weighted by Crippen LogP contribution is 2.20. The van der Waals surface area contributed by atoms with E-state index in [0.29, 0.717) is 17.4 Å². The molecule has 1 aromatic carbocycles. The highest BCUT2D eigenvalue weighted by molar-refractivity contribution is 7.91. The van der Waals surface area contributed by atoms with Crippen LogP contribution in [-0.2, 0) is 16.4 Å². The Kier molecular flexibility index (Phi) is 5.36. The predicted octanol–water partition coefficient (Wildman–Crippen LogP) is 2.52. The van der Waals surface area contributed by atoms with Crippen molar-refractivity contribution in [2.24, 2.45) is 0 Å². The smallest absolute Gasteiger partial charge is 0.178 e. The Hall–Kier alpha value is -1.66. The van der Waals surface area contributed by atoms with E-state index in [1.54, 1.807) is 24.3 Å². The molecule has 24 heavy (non-hydrogen) atoms. The van der Waals surface area contributed by atoms with Gasteiger partial charge in [0.1, 0.15) is 0 Å². The van der Waals surface area contributed by atoms with Gasteiger partial charge in [-0.15, -0.1) is 0 Å². The van der Waals surface area contributed by atoms with Gasteiger partial charge in [-0.3, -0.25) is 9.58 Å². The van der Waals surface area contributed by atoms with Gasteiger partial charge in [-0.25, -0.2) is 8.42 Å². The standard InChI is InChI=1S/C18H25N3O2S/c1-16-13-19-21(14-16)15-17-7-5-10-20(17)11-6-12-24(22,23)18-8-3-2-4-9-18/h2-4,8-9,13-14,17H,5-7,10-12,15H2,1H3. The van der Waals surface area contributed by atoms with Crippen molar-refractivity contribution in [3.63, 3.8) is 0 Å². The number of hydrogen-bond acceptors (Lipinski definition) is 4. The molecule has 1 fully saturated rings. The van der Waals surface area contributed by atoms with Crippen molar-refractivity contribution in [1.29, 1.82) is 0 Å². The third-order valence-electron chi connectivity index (χ3n) is 4.62. The molecule has 1 aliphatic rings. The topological polar surface area (TPSA) is 55.2 Å². The molecule has 130 valence electrons. The molecular weight excluding hydrogens is 322 g/mol. The fraction of sp³-hybridized carbons (Fsp3) is 0.500. The van der Waals surface area contributed by atoms with Crippen LogP contribution < -0.4 is 0 Å². The molecule has 0 saturated carbocycles. The van der Waals surface area contributed by atoms with Gasteiger partial charge in [-0.2, -0.15) is 5.10 Å². The summed E-state index contributed by atoms with van der Waals surface area (Å²) in [5, 5.41) is 4.37. The molecule has 2 aromatic rings. The second-order valence-corrected chi connectivity index (χ2v) is 8.67. The Morgan fingerprint density at radius 3 is 2.75 bits per heavy atom. The van der Waals surface area contributed by atoms with Crippen LogP contribution in [0.2, 0.25) is 0 Å². The first-order valence-corrected chi connectivity index (χ1v) is 10.2. The molecule has 0 radical (unpaired) electrons. The van der Waals surface area contributed by atoms with Gasteiger partial charge in [0, 0.05) is 12.2 Å². The maximum atomic E-state index is 12.3. The van der Waals surface area contributed by atoms with Crippen LogP contribution in [-0.4, -0.2) is 48.0 Å². The zero-order chi connectivity index (χ0) is 17.0. The number of rotatable bonds is 7. The summed E-state index contributed by atoms with van der Waals surface area (Å²) in [6.07, 6.45) is 6.95. The van der Waals surface area contributed by atoms with Gasteiger partial charge in [0.05, 0.1) is 23.4 Å². The van der Waals surface area contributed by atoms with Crippen LogP contribution in [0.5, 0.6) is 0 Å². The number of aryl methyl sites for hydroxylation is 1. The van der Waals surface area contributed by atoms with E-state index in [0.717, 1.165) is 26.1 Å². The molecule has 0 bridgehead atoms. The van der Waals surface area contributed by atoms with E-state index in [9.17, 15) is 8.42 Å². The maximum Gasteiger partial charge on any atom is 0.178 e. The van der Waals surface area contributed by atoms with Crippen molar-refractivity contribution >= 4 is 9.84 Å². The van der Waals surface area contributed by atoms with Gasteiger partial charge in [-0.1, -0.05) is 18.2 Å². The van der Waals surface area contributed by atoms with E-state index < -0.39 is 9.84 Å². The van der Waals surface area contributed by atoms with Crippen LogP contribution >= 0.6 is 0 Å². The van der Waals surface area contributed by atoms with E-state index in [2.05, 4.69) is 16.2 Å². The average Bonchev–Trinajstić information content (AvgIpc) is 3.18. The van der Waals surface area contributed by atoms with Gasteiger partial charge < -0.3 is 0 Å². The van der Waals surface area contributed by atoms with E-state index in [4.69, 9.17) is 0 Å². The van der Waals surface area contributed by atoms with Crippen molar-refractivity contribution in [2.45, 2.75) is 43.7 Å². The first kappa shape index (κ1) is 17.2. The third kappa shape index (κ3) is 4.24. The predicted molar refractivity (Wildman–Crippen MR) is 94.7 cm³/mol. The number of benzene rings is 1. The summed E-state index contributed by atoms with van der Waals surface area (Å²) >= 11 is 0. The minimum absolute atomic E-state index is 0.209. The highest BCUT2D eigenvalue weighted by atomic mass is 32.2. The molecule has 1 aromatic heterocycles. The normalized spacial score (nSPS) is 19.0. The minimum atomic E-state index is -3.17. The van der Waals surface area contributed by atoms with Crippen LogP contribution in [0, 0.1) is 6.92 Å². The zero-order valence-corrected chi connectivity index (χ0v) is 15.0. The van der Waals surface area contributed by atoms with E-state index >= 15 is 0 Å². The largest absolute Gasteiger partial charge is 0.299 e. The molecule has 6 heteroatoms. The van der Waals surface area contributed by atoms with Gasteiger partial charge in [0.2, 0.25) is 0 Å². The van der Waals surface area contributed by atoms with Crippen molar-refractivity contribution in [2.75, 3.05) is 18.8 Å². The lowest BCUT2D eigenvalue weighted by Gasteiger charge is -2.24. The van der Waals surface area contributed by atoms with Gasteiger partial charge in [-0.05, 0) is 57.0 Å². The number of sulfone groups is 1. The van der Waals surface area contributed by atoms with Crippen LogP contribution in [0.3, 0.4) is 0 Å². The number of hydrogen-bond donors (Lipinski definition) is 0. The lowest BCUT2D eigenvalue weighted by Crippen LogP contribution is -2.34. The van der Waals surface area contributed by atoms with Crippen LogP contribution in [0.4, 0.5) is 0 Å². The number of nitrogens with zero attached hydrogens (tertiary/aromatic N) is 3. The van der Waals surface area contributed by atoms with Gasteiger partial charge in [0.15, 0.2) is 9.84 Å². The Labute approximate surface area is 144 Å². The molecule has 0 amide bonds. The lowest BCUT2D eigenvalue weighted by molar-refractivity contribution is 0.228. The molecule has 5 nitrogen and oxygen atoms in total. The van der Waals surface area contributed by atoms with E-state index in [1.165, 1.54) is 12.0 Å². The SMILES string of the molecule is Cc1cnn(CC2CCCN2CCCS(=O)(=O)c2ccccc2)c1. The summed E-state index contributed by atoms with van der Waals surface area (Å²) in [6, 6.07) is 9.20. The molecule has 1 unspecified atom stereocenters. The summed E-state index contributed by atoms with van der Waals surface area (Å²) in [5.41, 5.74) is 1.17. The Morgan fingerprint density at radius 1 is 1.25 bits per heavy atom. The molecule has 2 heterocycles. The summed E-state index contributed by atoms with van der Waals surface area (Å²) < 4.78 is 26.7. The first-order chi connectivity index (χ1) is 11.5. The van der Waals surface area contributed by atoms with Crippen molar-refractivity contribution in [1.82, 2.24) is 14.7 Å². The number of likely N-dealkylation sites (tertiary alicyclic amines) is 1. The van der Waals surface area contributed by atoms with Crippen molar-refractivity contribution < 1.29 is 8.42 Å². The lowest BCUT2D eigenvalue weighted by atomic mass is 10.2. The Bertz CT molecular complexity index is 756. The Balaban J connectivity index is 1.52. The molecule has 1 atom stereocenters. The zero-order valence-electron chi connectivity index (χ0n) is 14.1. The summed E-state index contributed by atoms with van der Waals surface area (Å²) in [4.78, 5) is 2.84. The monoisotopic (exact) mass is 347 g/mol. The number of aromatic nitrogens is 2. The molecule has 1 saturated heterocycles. The molecular formula is C18H25N3O2S. The van der Waals surface area contributed by atoms with Crippen LogP contribution in [0.1, 0.15) is 24.8 Å². The van der Waals surface area contributed by atoms with Crippen molar-refractivity contribution in [3.8, 4) is 0 Å². The average molecular weight is 347 g/mol. The maximum absolute atomic E-state index is 12.3. The van der Waals surface area contributed by atoms with Crippen LogP contribution in [0.25, 0.3) is 0 Å². The summed E-state index contributed by atoms with van der Waals surface area (Å²) in [5.74, 6) is 0.209. The second-order valence-electron chi connectivity index (χ2n) is 6.56. The summed E-state index contributed by atoms with van der Waals surface area (Å²) in [7, 11) is -3.17. The quantitative estimate of drug-likeness (QED) is 0.772. The second kappa shape index (κ2) is 7.49. The van der Waals surface area contributed by atoms with E-state index in [-0.39, 0.29) is 5.75 Å². The first-order valence-electron chi connectivity index (χ1n) is 8.55. The highest BCUT2D eigenvalue weighted by Gasteiger charge is 2.25. The van der Waals surface area contributed by atoms with Gasteiger partial charge in [0.25, 0.3) is 0 Å². The minimum Gasteiger partial charge on any atom is -0.299 e. The fourth-order valence-electron chi connectivity index (χ4n) is 3.38. The molecule has 0 aliphatic carbocycles. The summed E-state index contributed by atoms with van der Waals surface area (Å²) in [6.45, 7) is 4.82.